The predicted octanol–water partition coefficient (Wildman–Crippen LogP) is 0.960. The monoisotopic (exact) mass is 320 g/mol. The van der Waals surface area contributed by atoms with Gasteiger partial charge in [0.1, 0.15) is 10.8 Å². The molecule has 0 spiro atoms. The summed E-state index contributed by atoms with van der Waals surface area (Å²) >= 11 is 5.75. The molecule has 1 fully saturated rings. The van der Waals surface area contributed by atoms with Crippen molar-refractivity contribution < 1.29 is 17.9 Å². The van der Waals surface area contributed by atoms with E-state index in [9.17, 15) is 8.42 Å². The lowest BCUT2D eigenvalue weighted by Crippen LogP contribution is -2.48. The van der Waals surface area contributed by atoms with Crippen LogP contribution >= 0.6 is 11.6 Å². The van der Waals surface area contributed by atoms with Gasteiger partial charge in [0, 0.05) is 12.7 Å². The van der Waals surface area contributed by atoms with E-state index in [2.05, 4.69) is 9.71 Å². The molecule has 0 aliphatic carbocycles. The predicted molar refractivity (Wildman–Crippen MR) is 75.0 cm³/mol. The summed E-state index contributed by atoms with van der Waals surface area (Å²) in [6.45, 7) is 3.08. The minimum Gasteiger partial charge on any atom is -0.376 e. The Labute approximate surface area is 123 Å². The second-order valence-electron chi connectivity index (χ2n) is 4.92. The second-order valence-corrected chi connectivity index (χ2v) is 7.11. The third kappa shape index (κ3) is 4.68. The highest BCUT2D eigenvalue weighted by molar-refractivity contribution is 7.89. The zero-order valence-electron chi connectivity index (χ0n) is 11.1. The fraction of sp³-hybridized carbons (Fsp3) is 0.583. The van der Waals surface area contributed by atoms with Crippen molar-refractivity contribution in [3.05, 3.63) is 29.0 Å². The number of hydrogen-bond acceptors (Lipinski definition) is 5. The van der Waals surface area contributed by atoms with Crippen LogP contribution in [-0.2, 0) is 26.0 Å². The smallest absolute Gasteiger partial charge is 0.214 e. The topological polar surface area (TPSA) is 77.5 Å². The number of ether oxygens (including phenoxy) is 2. The summed E-state index contributed by atoms with van der Waals surface area (Å²) < 4.78 is 37.4. The lowest BCUT2D eigenvalue weighted by Gasteiger charge is -2.33. The standard InChI is InChI=1S/C12H17ClN2O4S/c1-12(8-18-4-5-19-12)9-20(16,17)15-7-10-2-3-14-11(13)6-10/h2-3,6,15H,4-5,7-9H2,1H3. The van der Waals surface area contributed by atoms with Crippen molar-refractivity contribution in [3.63, 3.8) is 0 Å². The van der Waals surface area contributed by atoms with Gasteiger partial charge < -0.3 is 9.47 Å². The number of nitrogens with one attached hydrogen (secondary N) is 1. The maximum Gasteiger partial charge on any atom is 0.214 e. The van der Waals surface area contributed by atoms with Gasteiger partial charge in [-0.2, -0.15) is 0 Å². The van der Waals surface area contributed by atoms with Gasteiger partial charge in [-0.05, 0) is 24.6 Å². The Morgan fingerprint density at radius 2 is 2.30 bits per heavy atom. The zero-order valence-corrected chi connectivity index (χ0v) is 12.7. The number of pyridine rings is 1. The van der Waals surface area contributed by atoms with Gasteiger partial charge in [0.2, 0.25) is 10.0 Å². The maximum atomic E-state index is 12.1. The van der Waals surface area contributed by atoms with Crippen molar-refractivity contribution in [2.45, 2.75) is 19.1 Å². The van der Waals surface area contributed by atoms with Crippen LogP contribution in [-0.4, -0.2) is 44.6 Å². The van der Waals surface area contributed by atoms with Gasteiger partial charge in [0.05, 0.1) is 25.6 Å². The highest BCUT2D eigenvalue weighted by atomic mass is 35.5. The zero-order chi connectivity index (χ0) is 14.6. The van der Waals surface area contributed by atoms with E-state index >= 15 is 0 Å². The molecule has 0 amide bonds. The van der Waals surface area contributed by atoms with E-state index in [-0.39, 0.29) is 18.9 Å². The lowest BCUT2D eigenvalue weighted by molar-refractivity contribution is -0.135. The van der Waals surface area contributed by atoms with Crippen LogP contribution in [0.1, 0.15) is 12.5 Å². The summed E-state index contributed by atoms with van der Waals surface area (Å²) in [5.74, 6) is -0.140. The summed E-state index contributed by atoms with van der Waals surface area (Å²) in [4.78, 5) is 3.84. The molecule has 1 aliphatic rings. The first-order valence-electron chi connectivity index (χ1n) is 6.18. The van der Waals surface area contributed by atoms with Crippen LogP contribution in [0.4, 0.5) is 0 Å². The number of nitrogens with zero attached hydrogens (tertiary/aromatic N) is 1. The first kappa shape index (κ1) is 15.7. The molecule has 0 bridgehead atoms. The van der Waals surface area contributed by atoms with E-state index in [0.717, 1.165) is 5.56 Å². The molecule has 6 nitrogen and oxygen atoms in total. The van der Waals surface area contributed by atoms with Gasteiger partial charge in [-0.15, -0.1) is 0 Å². The van der Waals surface area contributed by atoms with Crippen LogP contribution in [0.5, 0.6) is 0 Å². The summed E-state index contributed by atoms with van der Waals surface area (Å²) in [6, 6.07) is 3.32. The minimum atomic E-state index is -3.47. The van der Waals surface area contributed by atoms with Crippen LogP contribution in [0.15, 0.2) is 18.3 Å². The van der Waals surface area contributed by atoms with E-state index in [4.69, 9.17) is 21.1 Å². The Morgan fingerprint density at radius 1 is 1.50 bits per heavy atom. The molecule has 1 unspecified atom stereocenters. The van der Waals surface area contributed by atoms with Gasteiger partial charge in [-0.1, -0.05) is 11.6 Å². The van der Waals surface area contributed by atoms with Gasteiger partial charge in [0.15, 0.2) is 0 Å². The maximum absolute atomic E-state index is 12.1. The quantitative estimate of drug-likeness (QED) is 0.818. The number of aromatic nitrogens is 1. The molecule has 1 aliphatic heterocycles. The number of sulfonamides is 1. The second kappa shape index (κ2) is 6.36. The van der Waals surface area contributed by atoms with Gasteiger partial charge in [0.25, 0.3) is 0 Å². The third-order valence-electron chi connectivity index (χ3n) is 2.87. The molecule has 1 atom stereocenters. The normalized spacial score (nSPS) is 23.7. The van der Waals surface area contributed by atoms with Gasteiger partial charge >= 0.3 is 0 Å². The van der Waals surface area contributed by atoms with Crippen molar-refractivity contribution >= 4 is 21.6 Å². The van der Waals surface area contributed by atoms with Crippen molar-refractivity contribution in [1.82, 2.24) is 9.71 Å². The molecule has 112 valence electrons. The Hall–Kier alpha value is -0.730. The molecular formula is C12H17ClN2O4S. The minimum absolute atomic E-state index is 0.140. The molecule has 0 saturated carbocycles. The van der Waals surface area contributed by atoms with Crippen molar-refractivity contribution in [1.29, 1.82) is 0 Å². The molecule has 1 saturated heterocycles. The molecule has 1 aromatic rings. The summed E-state index contributed by atoms with van der Waals surface area (Å²) in [6.07, 6.45) is 1.53. The molecule has 20 heavy (non-hydrogen) atoms. The Bertz CT molecular complexity index is 558. The fourth-order valence-corrected chi connectivity index (χ4v) is 3.61. The average molecular weight is 321 g/mol. The molecular weight excluding hydrogens is 304 g/mol. The summed E-state index contributed by atoms with van der Waals surface area (Å²) in [7, 11) is -3.47. The Kier molecular flexibility index (Phi) is 4.98. The van der Waals surface area contributed by atoms with E-state index in [0.29, 0.717) is 18.4 Å². The molecule has 0 radical (unpaired) electrons. The van der Waals surface area contributed by atoms with Crippen molar-refractivity contribution in [3.8, 4) is 0 Å². The molecule has 2 heterocycles. The summed E-state index contributed by atoms with van der Waals surface area (Å²) in [5, 5.41) is 0.331. The number of halogens is 1. The molecule has 1 aromatic heterocycles. The summed E-state index contributed by atoms with van der Waals surface area (Å²) in [5.41, 5.74) is -0.0560. The van der Waals surface area contributed by atoms with E-state index in [1.165, 1.54) is 6.20 Å². The van der Waals surface area contributed by atoms with Crippen LogP contribution in [0.3, 0.4) is 0 Å². The molecule has 8 heteroatoms. The molecule has 0 aromatic carbocycles. The SMILES string of the molecule is CC1(CS(=O)(=O)NCc2ccnc(Cl)c2)COCCO1. The highest BCUT2D eigenvalue weighted by Gasteiger charge is 2.34. The van der Waals surface area contributed by atoms with Gasteiger partial charge in [-0.3, -0.25) is 0 Å². The van der Waals surface area contributed by atoms with Crippen molar-refractivity contribution in [2.75, 3.05) is 25.6 Å². The van der Waals surface area contributed by atoms with Crippen LogP contribution in [0.2, 0.25) is 5.15 Å². The number of hydrogen-bond donors (Lipinski definition) is 1. The highest BCUT2D eigenvalue weighted by Crippen LogP contribution is 2.17. The average Bonchev–Trinajstić information content (AvgIpc) is 2.36. The van der Waals surface area contributed by atoms with E-state index < -0.39 is 15.6 Å². The first-order valence-corrected chi connectivity index (χ1v) is 8.21. The number of rotatable bonds is 5. The van der Waals surface area contributed by atoms with E-state index in [1.807, 2.05) is 0 Å². The fourth-order valence-electron chi connectivity index (χ4n) is 1.96. The van der Waals surface area contributed by atoms with E-state index in [1.54, 1.807) is 19.1 Å². The Balaban J connectivity index is 1.94. The molecule has 1 N–H and O–H groups in total. The first-order chi connectivity index (χ1) is 9.39. The van der Waals surface area contributed by atoms with Gasteiger partial charge in [-0.25, -0.2) is 18.1 Å². The Morgan fingerprint density at radius 3 is 2.95 bits per heavy atom. The van der Waals surface area contributed by atoms with Crippen LogP contribution in [0.25, 0.3) is 0 Å². The lowest BCUT2D eigenvalue weighted by atomic mass is 10.1. The largest absolute Gasteiger partial charge is 0.376 e. The van der Waals surface area contributed by atoms with Crippen molar-refractivity contribution in [2.24, 2.45) is 0 Å². The van der Waals surface area contributed by atoms with Crippen LogP contribution in [0, 0.1) is 0 Å². The molecule has 2 rings (SSSR count). The van der Waals surface area contributed by atoms with Crippen LogP contribution < -0.4 is 4.72 Å². The third-order valence-corrected chi connectivity index (χ3v) is 4.65.